The molecule has 0 atom stereocenters. The smallest absolute Gasteiger partial charge is 0.335 e. The maximum Gasteiger partial charge on any atom is 0.335 e. The number of aromatic carboxylic acids is 1. The van der Waals surface area contributed by atoms with E-state index in [1.165, 1.54) is 39.9 Å². The second kappa shape index (κ2) is 7.42. The molecule has 0 unspecified atom stereocenters. The molecule has 0 saturated carbocycles. The summed E-state index contributed by atoms with van der Waals surface area (Å²) in [5, 5.41) is 8.86. The van der Waals surface area contributed by atoms with Crippen molar-refractivity contribution in [3.63, 3.8) is 0 Å². The zero-order valence-electron chi connectivity index (χ0n) is 12.6. The highest BCUT2D eigenvalue weighted by Gasteiger charge is 2.26. The van der Waals surface area contributed by atoms with E-state index >= 15 is 0 Å². The summed E-state index contributed by atoms with van der Waals surface area (Å²) in [5.74, 6) is -1.04. The average molecular weight is 314 g/mol. The van der Waals surface area contributed by atoms with Crippen LogP contribution in [0.1, 0.15) is 37.0 Å². The predicted molar refractivity (Wildman–Crippen MR) is 82.9 cm³/mol. The van der Waals surface area contributed by atoms with Crippen LogP contribution in [0.25, 0.3) is 0 Å². The molecular formula is C14H22N2O4S. The first-order chi connectivity index (χ1) is 9.84. The summed E-state index contributed by atoms with van der Waals surface area (Å²) in [6.45, 7) is 4.79. The molecule has 0 aliphatic heterocycles. The molecule has 0 saturated heterocycles. The van der Waals surface area contributed by atoms with Crippen molar-refractivity contribution in [2.45, 2.75) is 26.7 Å². The molecule has 0 heterocycles. The van der Waals surface area contributed by atoms with E-state index in [1.807, 2.05) is 13.8 Å². The molecule has 6 nitrogen and oxygen atoms in total. The van der Waals surface area contributed by atoms with E-state index in [-0.39, 0.29) is 5.56 Å². The van der Waals surface area contributed by atoms with Gasteiger partial charge in [0.15, 0.2) is 0 Å². The van der Waals surface area contributed by atoms with Crippen molar-refractivity contribution in [1.29, 1.82) is 0 Å². The molecule has 0 spiro atoms. The Morgan fingerprint density at radius 2 is 1.57 bits per heavy atom. The molecule has 0 radical (unpaired) electrons. The van der Waals surface area contributed by atoms with E-state index in [9.17, 15) is 13.2 Å². The Bertz CT molecular complexity index is 563. The summed E-state index contributed by atoms with van der Waals surface area (Å²) in [4.78, 5) is 10.8. The first-order valence-electron chi connectivity index (χ1n) is 6.92. The van der Waals surface area contributed by atoms with E-state index in [1.54, 1.807) is 0 Å². The standard InChI is InChI=1S/C14H22N2O4S/c1-4-10-16(11-5-2)21(19,20)15(3)13-8-6-12(7-9-13)14(17)18/h6-9H,4-5,10-11H2,1-3H3,(H,17,18). The van der Waals surface area contributed by atoms with Crippen LogP contribution < -0.4 is 4.31 Å². The average Bonchev–Trinajstić information content (AvgIpc) is 2.46. The number of carbonyl (C=O) groups is 1. The summed E-state index contributed by atoms with van der Waals surface area (Å²) in [5.41, 5.74) is 0.570. The number of anilines is 1. The van der Waals surface area contributed by atoms with Gasteiger partial charge in [-0.05, 0) is 37.1 Å². The number of hydrogen-bond acceptors (Lipinski definition) is 3. The number of nitrogens with zero attached hydrogens (tertiary/aromatic N) is 2. The molecule has 1 aromatic carbocycles. The molecule has 1 N–H and O–H groups in total. The van der Waals surface area contributed by atoms with Gasteiger partial charge in [-0.15, -0.1) is 0 Å². The zero-order chi connectivity index (χ0) is 16.0. The summed E-state index contributed by atoms with van der Waals surface area (Å²) in [7, 11) is -2.12. The Kier molecular flexibility index (Phi) is 6.17. The molecule has 0 amide bonds. The molecule has 0 bridgehead atoms. The van der Waals surface area contributed by atoms with Crippen LogP contribution in [0.4, 0.5) is 5.69 Å². The second-order valence-corrected chi connectivity index (χ2v) is 6.69. The highest BCUT2D eigenvalue weighted by atomic mass is 32.2. The zero-order valence-corrected chi connectivity index (χ0v) is 13.4. The fourth-order valence-electron chi connectivity index (χ4n) is 1.96. The van der Waals surface area contributed by atoms with Gasteiger partial charge in [-0.2, -0.15) is 12.7 Å². The Morgan fingerprint density at radius 3 is 1.95 bits per heavy atom. The third-order valence-electron chi connectivity index (χ3n) is 3.10. The number of carboxylic acid groups (broad SMARTS) is 1. The van der Waals surface area contributed by atoms with Gasteiger partial charge in [0.1, 0.15) is 0 Å². The third-order valence-corrected chi connectivity index (χ3v) is 5.02. The van der Waals surface area contributed by atoms with E-state index in [0.717, 1.165) is 12.8 Å². The molecule has 118 valence electrons. The predicted octanol–water partition coefficient (Wildman–Crippen LogP) is 2.19. The maximum atomic E-state index is 12.6. The van der Waals surface area contributed by atoms with Crippen LogP contribution in [0.15, 0.2) is 24.3 Å². The molecule has 1 rings (SSSR count). The van der Waals surface area contributed by atoms with Gasteiger partial charge in [-0.1, -0.05) is 13.8 Å². The lowest BCUT2D eigenvalue weighted by Crippen LogP contribution is -2.42. The van der Waals surface area contributed by atoms with Crippen LogP contribution in [-0.4, -0.2) is 43.9 Å². The van der Waals surface area contributed by atoms with Crippen molar-refractivity contribution < 1.29 is 18.3 Å². The van der Waals surface area contributed by atoms with E-state index in [4.69, 9.17) is 5.11 Å². The van der Waals surface area contributed by atoms with Crippen molar-refractivity contribution in [3.05, 3.63) is 29.8 Å². The van der Waals surface area contributed by atoms with Crippen molar-refractivity contribution in [2.24, 2.45) is 0 Å². The Morgan fingerprint density at radius 1 is 1.10 bits per heavy atom. The van der Waals surface area contributed by atoms with Gasteiger partial charge < -0.3 is 5.11 Å². The lowest BCUT2D eigenvalue weighted by molar-refractivity contribution is 0.0697. The van der Waals surface area contributed by atoms with Gasteiger partial charge in [-0.3, -0.25) is 4.31 Å². The second-order valence-electron chi connectivity index (χ2n) is 4.73. The minimum absolute atomic E-state index is 0.128. The van der Waals surface area contributed by atoms with Crippen LogP contribution in [0.2, 0.25) is 0 Å². The van der Waals surface area contributed by atoms with Crippen LogP contribution in [0.5, 0.6) is 0 Å². The van der Waals surface area contributed by atoms with Crippen molar-refractivity contribution in [2.75, 3.05) is 24.4 Å². The summed E-state index contributed by atoms with van der Waals surface area (Å²) in [6, 6.07) is 5.79. The first kappa shape index (κ1) is 17.5. The minimum Gasteiger partial charge on any atom is -0.478 e. The molecule has 0 aliphatic rings. The highest BCUT2D eigenvalue weighted by Crippen LogP contribution is 2.20. The van der Waals surface area contributed by atoms with Gasteiger partial charge >= 0.3 is 16.2 Å². The Balaban J connectivity index is 3.03. The summed E-state index contributed by atoms with van der Waals surface area (Å²) < 4.78 is 27.8. The lowest BCUT2D eigenvalue weighted by Gasteiger charge is -2.28. The fourth-order valence-corrected chi connectivity index (χ4v) is 3.52. The van der Waals surface area contributed by atoms with Gasteiger partial charge in [0.2, 0.25) is 0 Å². The normalized spacial score (nSPS) is 11.6. The van der Waals surface area contributed by atoms with Gasteiger partial charge in [0, 0.05) is 20.1 Å². The van der Waals surface area contributed by atoms with E-state index in [2.05, 4.69) is 0 Å². The van der Waals surface area contributed by atoms with Crippen molar-refractivity contribution in [3.8, 4) is 0 Å². The van der Waals surface area contributed by atoms with Crippen LogP contribution >= 0.6 is 0 Å². The first-order valence-corrected chi connectivity index (χ1v) is 8.31. The number of rotatable bonds is 8. The quantitative estimate of drug-likeness (QED) is 0.798. The number of hydrogen-bond donors (Lipinski definition) is 1. The van der Waals surface area contributed by atoms with E-state index < -0.39 is 16.2 Å². The lowest BCUT2D eigenvalue weighted by atomic mass is 10.2. The number of carboxylic acids is 1. The SMILES string of the molecule is CCCN(CCC)S(=O)(=O)N(C)c1ccc(C(=O)O)cc1. The van der Waals surface area contributed by atoms with Crippen LogP contribution in [0, 0.1) is 0 Å². The van der Waals surface area contributed by atoms with Crippen molar-refractivity contribution >= 4 is 21.9 Å². The Labute approximate surface area is 126 Å². The molecule has 7 heteroatoms. The molecule has 0 fully saturated rings. The van der Waals surface area contributed by atoms with Gasteiger partial charge in [-0.25, -0.2) is 4.79 Å². The monoisotopic (exact) mass is 314 g/mol. The molecule has 0 aromatic heterocycles. The fraction of sp³-hybridized carbons (Fsp3) is 0.500. The summed E-state index contributed by atoms with van der Waals surface area (Å²) in [6.07, 6.45) is 1.48. The molecule has 0 aliphatic carbocycles. The minimum atomic E-state index is -3.59. The topological polar surface area (TPSA) is 77.9 Å². The van der Waals surface area contributed by atoms with E-state index in [0.29, 0.717) is 18.8 Å². The largest absolute Gasteiger partial charge is 0.478 e. The van der Waals surface area contributed by atoms with Crippen LogP contribution in [-0.2, 0) is 10.2 Å². The molecular weight excluding hydrogens is 292 g/mol. The number of benzene rings is 1. The molecule has 1 aromatic rings. The third kappa shape index (κ3) is 4.18. The van der Waals surface area contributed by atoms with Crippen LogP contribution in [0.3, 0.4) is 0 Å². The van der Waals surface area contributed by atoms with Crippen molar-refractivity contribution in [1.82, 2.24) is 4.31 Å². The Hall–Kier alpha value is -1.60. The summed E-state index contributed by atoms with van der Waals surface area (Å²) >= 11 is 0. The van der Waals surface area contributed by atoms with Gasteiger partial charge in [0.05, 0.1) is 11.3 Å². The molecule has 21 heavy (non-hydrogen) atoms. The maximum absolute atomic E-state index is 12.6. The highest BCUT2D eigenvalue weighted by molar-refractivity contribution is 7.90. The van der Waals surface area contributed by atoms with Gasteiger partial charge in [0.25, 0.3) is 0 Å².